The van der Waals surface area contributed by atoms with Crippen LogP contribution in [0.2, 0.25) is 0 Å². The van der Waals surface area contributed by atoms with Crippen molar-refractivity contribution in [3.63, 3.8) is 0 Å². The van der Waals surface area contributed by atoms with E-state index in [1.165, 1.54) is 0 Å². The highest BCUT2D eigenvalue weighted by Gasteiger charge is 2.47. The lowest BCUT2D eigenvalue weighted by atomic mass is 11.0. The third-order valence-electron chi connectivity index (χ3n) is 2.51. The normalized spacial score (nSPS) is 15.9. The minimum atomic E-state index is -1.84. The zero-order chi connectivity index (χ0) is 10.8. The van der Waals surface area contributed by atoms with Gasteiger partial charge in [-0.1, -0.05) is 0 Å². The number of hydrogen-bond acceptors (Lipinski definition) is 3. The third-order valence-corrected chi connectivity index (χ3v) is 8.40. The first kappa shape index (κ1) is 13.4. The maximum Gasteiger partial charge on any atom is 0.306 e. The molecule has 0 aliphatic carbocycles. The molecule has 0 saturated heterocycles. The zero-order valence-electron chi connectivity index (χ0n) is 9.80. The number of alkyl halides is 1. The van der Waals surface area contributed by atoms with E-state index in [1.54, 1.807) is 0 Å². The van der Waals surface area contributed by atoms with E-state index in [2.05, 4.69) is 62.9 Å². The molecule has 0 saturated carbocycles. The predicted molar refractivity (Wildman–Crippen MR) is 62.1 cm³/mol. The Kier molecular flexibility index (Phi) is 4.89. The molecule has 5 heteroatoms. The molecule has 0 rings (SSSR count). The van der Waals surface area contributed by atoms with Gasteiger partial charge in [0.1, 0.15) is 0 Å². The second-order valence-electron chi connectivity index (χ2n) is 3.99. The van der Waals surface area contributed by atoms with Crippen molar-refractivity contribution >= 4 is 20.2 Å². The largest absolute Gasteiger partial charge is 0.306 e. The number of hydrogen-bond donors (Lipinski definition) is 0. The van der Waals surface area contributed by atoms with Gasteiger partial charge < -0.3 is 13.7 Å². The van der Waals surface area contributed by atoms with Gasteiger partial charge in [-0.15, -0.1) is 11.6 Å². The Morgan fingerprint density at radius 3 is 1.08 bits per heavy atom. The van der Waals surface area contributed by atoms with E-state index < -0.39 is 8.56 Å². The van der Waals surface area contributed by atoms with Gasteiger partial charge in [-0.25, -0.2) is 0 Å². The van der Waals surface area contributed by atoms with Crippen molar-refractivity contribution in [2.24, 2.45) is 0 Å². The van der Waals surface area contributed by atoms with E-state index in [4.69, 9.17) is 11.6 Å². The molecule has 0 fully saturated rings. The van der Waals surface area contributed by atoms with Crippen LogP contribution < -0.4 is 0 Å². The van der Waals surface area contributed by atoms with Crippen LogP contribution in [0.15, 0.2) is 0 Å². The van der Waals surface area contributed by atoms with Gasteiger partial charge in [0, 0.05) is 0 Å². The van der Waals surface area contributed by atoms with Crippen molar-refractivity contribution in [2.45, 2.75) is 11.9 Å². The summed E-state index contributed by atoms with van der Waals surface area (Å²) in [5, 5.41) is 0.160. The molecule has 3 nitrogen and oxygen atoms in total. The molecule has 80 valence electrons. The van der Waals surface area contributed by atoms with Crippen LogP contribution in [0.1, 0.15) is 6.92 Å². The average Bonchev–Trinajstić information content (AvgIpc) is 1.82. The third kappa shape index (κ3) is 2.25. The highest BCUT2D eigenvalue weighted by Crippen LogP contribution is 2.21. The van der Waals surface area contributed by atoms with Gasteiger partial charge in [-0.2, -0.15) is 0 Å². The molecule has 0 aromatic rings. The Hall–Kier alpha value is 0.387. The fourth-order valence-corrected chi connectivity index (χ4v) is 8.56. The van der Waals surface area contributed by atoms with E-state index >= 15 is 0 Å². The van der Waals surface area contributed by atoms with Crippen LogP contribution in [0.4, 0.5) is 0 Å². The van der Waals surface area contributed by atoms with Crippen molar-refractivity contribution in [1.29, 1.82) is 0 Å². The van der Waals surface area contributed by atoms with Gasteiger partial charge in [0.05, 0.1) is 5.00 Å². The van der Waals surface area contributed by atoms with Crippen molar-refractivity contribution in [3.8, 4) is 0 Å². The van der Waals surface area contributed by atoms with Crippen LogP contribution >= 0.6 is 11.6 Å². The Morgan fingerprint density at radius 2 is 1.08 bits per heavy atom. The van der Waals surface area contributed by atoms with Crippen molar-refractivity contribution in [2.75, 3.05) is 42.3 Å². The Morgan fingerprint density at radius 1 is 0.846 bits per heavy atom. The molecule has 0 N–H and O–H groups in total. The second kappa shape index (κ2) is 4.75. The molecular weight excluding hydrogens is 202 g/mol. The van der Waals surface area contributed by atoms with E-state index in [9.17, 15) is 0 Å². The standard InChI is InChI=1S/C8H22ClN3Si/c1-8(9)13(10(2)3,11(4)5)12(6)7/h8H,1-7H3. The maximum atomic E-state index is 6.32. The van der Waals surface area contributed by atoms with Crippen molar-refractivity contribution in [1.82, 2.24) is 13.7 Å². The first-order valence-corrected chi connectivity index (χ1v) is 6.79. The Balaban J connectivity index is 5.06. The number of halogens is 1. The van der Waals surface area contributed by atoms with Gasteiger partial charge in [0.25, 0.3) is 0 Å². The highest BCUT2D eigenvalue weighted by molar-refractivity contribution is 6.79. The first-order valence-electron chi connectivity index (χ1n) is 4.44. The summed E-state index contributed by atoms with van der Waals surface area (Å²) in [4.78, 5) is 0. The van der Waals surface area contributed by atoms with Crippen molar-refractivity contribution in [3.05, 3.63) is 0 Å². The molecule has 0 bridgehead atoms. The minimum absolute atomic E-state index is 0.160. The fraction of sp³-hybridized carbons (Fsp3) is 1.00. The monoisotopic (exact) mass is 223 g/mol. The van der Waals surface area contributed by atoms with E-state index in [-0.39, 0.29) is 5.00 Å². The van der Waals surface area contributed by atoms with E-state index in [0.29, 0.717) is 0 Å². The van der Waals surface area contributed by atoms with Gasteiger partial charge in [-0.3, -0.25) is 0 Å². The topological polar surface area (TPSA) is 9.72 Å². The molecule has 0 aromatic carbocycles. The lowest BCUT2D eigenvalue weighted by molar-refractivity contribution is 0.374. The van der Waals surface area contributed by atoms with E-state index in [0.717, 1.165) is 0 Å². The van der Waals surface area contributed by atoms with Crippen LogP contribution in [-0.2, 0) is 0 Å². The summed E-state index contributed by atoms with van der Waals surface area (Å²) in [6, 6.07) is 0. The summed E-state index contributed by atoms with van der Waals surface area (Å²) < 4.78 is 6.81. The highest BCUT2D eigenvalue weighted by atomic mass is 35.5. The van der Waals surface area contributed by atoms with Gasteiger partial charge in [0.2, 0.25) is 0 Å². The molecule has 0 aliphatic heterocycles. The zero-order valence-corrected chi connectivity index (χ0v) is 11.6. The van der Waals surface area contributed by atoms with E-state index in [1.807, 2.05) is 0 Å². The van der Waals surface area contributed by atoms with Crippen LogP contribution in [0, 0.1) is 0 Å². The SMILES string of the molecule is CC(Cl)[Si](N(C)C)(N(C)C)N(C)C. The van der Waals surface area contributed by atoms with Gasteiger partial charge in [0.15, 0.2) is 0 Å². The second-order valence-corrected chi connectivity index (χ2v) is 9.93. The van der Waals surface area contributed by atoms with Gasteiger partial charge >= 0.3 is 8.56 Å². The maximum absolute atomic E-state index is 6.32. The summed E-state index contributed by atoms with van der Waals surface area (Å²) in [7, 11) is 10.8. The van der Waals surface area contributed by atoms with Crippen LogP contribution in [0.25, 0.3) is 0 Å². The molecular formula is C8H22ClN3Si. The Bertz CT molecular complexity index is 122. The van der Waals surface area contributed by atoms with Crippen molar-refractivity contribution < 1.29 is 0 Å². The summed E-state index contributed by atoms with van der Waals surface area (Å²) in [6.07, 6.45) is 0. The fourth-order valence-electron chi connectivity index (χ4n) is 2.27. The minimum Gasteiger partial charge on any atom is -0.304 e. The molecule has 0 amide bonds. The lowest BCUT2D eigenvalue weighted by Crippen LogP contribution is -2.74. The summed E-state index contributed by atoms with van der Waals surface area (Å²) in [5.41, 5.74) is 0. The number of nitrogens with zero attached hydrogens (tertiary/aromatic N) is 3. The predicted octanol–water partition coefficient (Wildman–Crippen LogP) is 0.777. The summed E-state index contributed by atoms with van der Waals surface area (Å²) >= 11 is 6.32. The van der Waals surface area contributed by atoms with Crippen LogP contribution in [0.5, 0.6) is 0 Å². The molecule has 0 aromatic heterocycles. The molecule has 0 spiro atoms. The summed E-state index contributed by atoms with van der Waals surface area (Å²) in [6.45, 7) is 2.08. The average molecular weight is 224 g/mol. The molecule has 13 heavy (non-hydrogen) atoms. The lowest BCUT2D eigenvalue weighted by Gasteiger charge is -2.48. The number of rotatable bonds is 4. The Labute approximate surface area is 88.5 Å². The van der Waals surface area contributed by atoms with Gasteiger partial charge in [-0.05, 0) is 49.2 Å². The summed E-state index contributed by atoms with van der Waals surface area (Å²) in [5.74, 6) is 0. The smallest absolute Gasteiger partial charge is 0.304 e. The van der Waals surface area contributed by atoms with Crippen LogP contribution in [-0.4, -0.2) is 69.5 Å². The molecule has 1 unspecified atom stereocenters. The molecule has 0 aliphatic rings. The molecule has 0 radical (unpaired) electrons. The van der Waals surface area contributed by atoms with Crippen LogP contribution in [0.3, 0.4) is 0 Å². The first-order chi connectivity index (χ1) is 5.77. The molecule has 1 atom stereocenters. The quantitative estimate of drug-likeness (QED) is 0.515. The molecule has 0 heterocycles.